The average molecular weight is 203 g/mol. The van der Waals surface area contributed by atoms with Gasteiger partial charge in [0, 0.05) is 26.2 Å². The third-order valence-corrected chi connectivity index (χ3v) is 1.60. The van der Waals surface area contributed by atoms with Crippen LogP contribution < -0.4 is 11.5 Å². The molecule has 0 aliphatic carbocycles. The first-order valence-electron chi connectivity index (χ1n) is 4.99. The van der Waals surface area contributed by atoms with Crippen molar-refractivity contribution in [2.75, 3.05) is 19.8 Å². The number of nitrogens with zero attached hydrogens (tertiary/aromatic N) is 1. The molecule has 0 aliphatic rings. The van der Waals surface area contributed by atoms with Crippen molar-refractivity contribution in [3.63, 3.8) is 0 Å². The van der Waals surface area contributed by atoms with Crippen LogP contribution in [0.4, 0.5) is 0 Å². The molecule has 0 saturated carbocycles. The van der Waals surface area contributed by atoms with Gasteiger partial charge in [-0.25, -0.2) is 0 Å². The molecule has 0 spiro atoms. The van der Waals surface area contributed by atoms with Crippen molar-refractivity contribution >= 4 is 5.96 Å². The summed E-state index contributed by atoms with van der Waals surface area (Å²) in [5.41, 5.74) is 10.4. The minimum atomic E-state index is -0.126. The van der Waals surface area contributed by atoms with Gasteiger partial charge in [-0.15, -0.1) is 0 Å². The van der Waals surface area contributed by atoms with Gasteiger partial charge < -0.3 is 20.9 Å². The second-order valence-electron chi connectivity index (χ2n) is 2.79. The molecular weight excluding hydrogens is 182 g/mol. The summed E-state index contributed by atoms with van der Waals surface area (Å²) < 4.78 is 10.7. The first-order chi connectivity index (χ1) is 6.70. The molecule has 0 heterocycles. The summed E-state index contributed by atoms with van der Waals surface area (Å²) in [6.07, 6.45) is 1.56. The predicted molar refractivity (Wildman–Crippen MR) is 57.0 cm³/mol. The Labute approximate surface area is 85.5 Å². The second kappa shape index (κ2) is 8.77. The second-order valence-corrected chi connectivity index (χ2v) is 2.79. The Kier molecular flexibility index (Phi) is 8.27. The van der Waals surface area contributed by atoms with Crippen molar-refractivity contribution in [1.82, 2.24) is 0 Å². The van der Waals surface area contributed by atoms with Crippen LogP contribution in [0.3, 0.4) is 0 Å². The lowest BCUT2D eigenvalue weighted by atomic mass is 10.3. The van der Waals surface area contributed by atoms with E-state index in [1.165, 1.54) is 0 Å². The first kappa shape index (κ1) is 13.2. The number of aliphatic imine (C=N–C) groups is 1. The Morgan fingerprint density at radius 1 is 1.21 bits per heavy atom. The van der Waals surface area contributed by atoms with Crippen LogP contribution in [0.1, 0.15) is 26.7 Å². The van der Waals surface area contributed by atoms with Crippen LogP contribution in [0.25, 0.3) is 0 Å². The van der Waals surface area contributed by atoms with E-state index in [0.29, 0.717) is 19.8 Å². The predicted octanol–water partition coefficient (Wildman–Crippen LogP) is 0.439. The highest BCUT2D eigenvalue weighted by atomic mass is 16.7. The Morgan fingerprint density at radius 2 is 1.79 bits per heavy atom. The fourth-order valence-corrected chi connectivity index (χ4v) is 1.05. The average Bonchev–Trinajstić information content (AvgIpc) is 2.12. The lowest BCUT2D eigenvalue weighted by Crippen LogP contribution is -2.23. The summed E-state index contributed by atoms with van der Waals surface area (Å²) in [6.45, 7) is 5.84. The molecule has 0 amide bonds. The number of hydrogen-bond acceptors (Lipinski definition) is 3. The summed E-state index contributed by atoms with van der Waals surface area (Å²) in [5.74, 6) is 0.134. The molecule has 5 nitrogen and oxygen atoms in total. The largest absolute Gasteiger partial charge is 0.370 e. The van der Waals surface area contributed by atoms with Crippen molar-refractivity contribution in [3.05, 3.63) is 0 Å². The Hall–Kier alpha value is -0.810. The van der Waals surface area contributed by atoms with Gasteiger partial charge in [0.15, 0.2) is 12.2 Å². The van der Waals surface area contributed by atoms with Crippen molar-refractivity contribution in [3.8, 4) is 0 Å². The van der Waals surface area contributed by atoms with Crippen LogP contribution in [0.5, 0.6) is 0 Å². The van der Waals surface area contributed by atoms with Gasteiger partial charge in [0.25, 0.3) is 0 Å². The Balaban J connectivity index is 3.54. The van der Waals surface area contributed by atoms with E-state index in [9.17, 15) is 0 Å². The third kappa shape index (κ3) is 7.82. The summed E-state index contributed by atoms with van der Waals surface area (Å²) in [6, 6.07) is 0. The van der Waals surface area contributed by atoms with Crippen LogP contribution in [-0.2, 0) is 9.47 Å². The Morgan fingerprint density at radius 3 is 2.21 bits per heavy atom. The summed E-state index contributed by atoms with van der Waals surface area (Å²) in [5, 5.41) is 0. The molecule has 0 aromatic carbocycles. The minimum Gasteiger partial charge on any atom is -0.370 e. The highest BCUT2D eigenvalue weighted by Gasteiger charge is 2.06. The zero-order valence-electron chi connectivity index (χ0n) is 9.03. The van der Waals surface area contributed by atoms with Crippen LogP contribution in [0.15, 0.2) is 4.99 Å². The van der Waals surface area contributed by atoms with Gasteiger partial charge in [0.2, 0.25) is 0 Å². The molecule has 0 aliphatic heterocycles. The number of nitrogens with two attached hydrogens (primary N) is 2. The summed E-state index contributed by atoms with van der Waals surface area (Å²) in [7, 11) is 0. The van der Waals surface area contributed by atoms with E-state index in [4.69, 9.17) is 20.9 Å². The van der Waals surface area contributed by atoms with Gasteiger partial charge in [0.05, 0.1) is 0 Å². The highest BCUT2D eigenvalue weighted by Crippen LogP contribution is 2.04. The van der Waals surface area contributed by atoms with Gasteiger partial charge in [-0.1, -0.05) is 0 Å². The molecule has 0 bridgehead atoms. The first-order valence-corrected chi connectivity index (χ1v) is 4.99. The summed E-state index contributed by atoms with van der Waals surface area (Å²) in [4.78, 5) is 3.88. The smallest absolute Gasteiger partial charge is 0.185 e. The molecular formula is C9H21N3O2. The van der Waals surface area contributed by atoms with Crippen molar-refractivity contribution in [2.45, 2.75) is 33.0 Å². The van der Waals surface area contributed by atoms with Crippen LogP contribution in [0, 0.1) is 0 Å². The van der Waals surface area contributed by atoms with Gasteiger partial charge in [-0.3, -0.25) is 4.99 Å². The van der Waals surface area contributed by atoms with Crippen molar-refractivity contribution in [2.24, 2.45) is 16.5 Å². The van der Waals surface area contributed by atoms with Crippen LogP contribution in [0.2, 0.25) is 0 Å². The van der Waals surface area contributed by atoms with E-state index < -0.39 is 0 Å². The van der Waals surface area contributed by atoms with E-state index in [-0.39, 0.29) is 12.2 Å². The lowest BCUT2D eigenvalue weighted by molar-refractivity contribution is -0.139. The van der Waals surface area contributed by atoms with Gasteiger partial charge in [-0.05, 0) is 20.3 Å². The quantitative estimate of drug-likeness (QED) is 0.259. The SMILES string of the molecule is CCOC(CCCN=C(N)N)OCC. The molecule has 4 N–H and O–H groups in total. The number of hydrogen-bond donors (Lipinski definition) is 2. The van der Waals surface area contributed by atoms with Gasteiger partial charge in [-0.2, -0.15) is 0 Å². The van der Waals surface area contributed by atoms with E-state index in [1.807, 2.05) is 13.8 Å². The van der Waals surface area contributed by atoms with Gasteiger partial charge in [0.1, 0.15) is 0 Å². The lowest BCUT2D eigenvalue weighted by Gasteiger charge is -2.15. The zero-order valence-corrected chi connectivity index (χ0v) is 9.03. The van der Waals surface area contributed by atoms with Gasteiger partial charge >= 0.3 is 0 Å². The Bertz CT molecular complexity index is 152. The molecule has 0 aromatic rings. The molecule has 0 saturated heterocycles. The normalized spacial score (nSPS) is 10.5. The fraction of sp³-hybridized carbons (Fsp3) is 0.889. The molecule has 0 atom stereocenters. The molecule has 0 rings (SSSR count). The van der Waals surface area contributed by atoms with E-state index >= 15 is 0 Å². The number of rotatable bonds is 8. The maximum Gasteiger partial charge on any atom is 0.185 e. The zero-order chi connectivity index (χ0) is 10.8. The molecule has 0 fully saturated rings. The highest BCUT2D eigenvalue weighted by molar-refractivity contribution is 5.75. The molecule has 84 valence electrons. The van der Waals surface area contributed by atoms with Crippen molar-refractivity contribution in [1.29, 1.82) is 0 Å². The van der Waals surface area contributed by atoms with E-state index in [2.05, 4.69) is 4.99 Å². The molecule has 0 unspecified atom stereocenters. The van der Waals surface area contributed by atoms with E-state index in [1.54, 1.807) is 0 Å². The molecule has 14 heavy (non-hydrogen) atoms. The maximum atomic E-state index is 5.36. The third-order valence-electron chi connectivity index (χ3n) is 1.60. The van der Waals surface area contributed by atoms with Crippen LogP contribution >= 0.6 is 0 Å². The van der Waals surface area contributed by atoms with Crippen LogP contribution in [-0.4, -0.2) is 32.0 Å². The topological polar surface area (TPSA) is 82.9 Å². The number of guanidine groups is 1. The maximum absolute atomic E-state index is 5.36. The molecule has 5 heteroatoms. The molecule has 0 radical (unpaired) electrons. The van der Waals surface area contributed by atoms with Crippen molar-refractivity contribution < 1.29 is 9.47 Å². The monoisotopic (exact) mass is 203 g/mol. The molecule has 0 aromatic heterocycles. The summed E-state index contributed by atoms with van der Waals surface area (Å²) >= 11 is 0. The standard InChI is InChI=1S/C9H21N3O2/c1-3-13-8(14-4-2)6-5-7-12-9(10)11/h8H,3-7H2,1-2H3,(H4,10,11,12). The number of ether oxygens (including phenoxy) is 2. The van der Waals surface area contributed by atoms with E-state index in [0.717, 1.165) is 12.8 Å². The fourth-order valence-electron chi connectivity index (χ4n) is 1.05. The minimum absolute atomic E-state index is 0.126.